The first kappa shape index (κ1) is 63.5. The molecule has 0 unspecified atom stereocenters. The minimum absolute atomic E-state index is 0.0852. The Morgan fingerprint density at radius 1 is 0.443 bits per heavy atom. The molecule has 0 aliphatic heterocycles. The molecule has 0 aliphatic carbocycles. The predicted octanol–water partition coefficient (Wildman–Crippen LogP) is 21.7. The highest BCUT2D eigenvalue weighted by Crippen LogP contribution is 2.43. The van der Waals surface area contributed by atoms with Crippen molar-refractivity contribution >= 4 is 168 Å². The number of hydrogen-bond donors (Lipinski definition) is 4. The summed E-state index contributed by atoms with van der Waals surface area (Å²) in [5, 5.41) is 53.6. The zero-order valence-electron chi connectivity index (χ0n) is 51.3. The van der Waals surface area contributed by atoms with Gasteiger partial charge in [-0.3, -0.25) is 20.2 Å². The summed E-state index contributed by atoms with van der Waals surface area (Å²) in [6, 6.07) is 57.3. The van der Waals surface area contributed by atoms with Crippen molar-refractivity contribution in [2.75, 3.05) is 0 Å². The van der Waals surface area contributed by atoms with Gasteiger partial charge in [-0.1, -0.05) is 186 Å². The smallest absolute Gasteiger partial charge is 0.423 e. The third kappa shape index (κ3) is 13.5. The Bertz CT molecular complexity index is 4870. The van der Waals surface area contributed by atoms with Crippen LogP contribution in [-0.2, 0) is 21.7 Å². The fourth-order valence-electron chi connectivity index (χ4n) is 10.5. The molecule has 0 bridgehead atoms. The van der Waals surface area contributed by atoms with Crippen LogP contribution in [0.15, 0.2) is 185 Å². The topological polar surface area (TPSA) is 158 Å². The van der Waals surface area contributed by atoms with E-state index < -0.39 is 12.0 Å². The van der Waals surface area contributed by atoms with Gasteiger partial charge in [0.05, 0.1) is 31.1 Å². The number of hydrogen-bond acceptors (Lipinski definition) is 10. The van der Waals surface area contributed by atoms with E-state index in [1.807, 2.05) is 85.2 Å². The van der Waals surface area contributed by atoms with Gasteiger partial charge in [-0.15, -0.1) is 45.3 Å². The van der Waals surface area contributed by atoms with Gasteiger partial charge in [-0.2, -0.15) is 0 Å². The number of aromatic amines is 2. The number of benzene rings is 8. The Kier molecular flexibility index (Phi) is 18.1. The molecule has 0 spiro atoms. The summed E-state index contributed by atoms with van der Waals surface area (Å²) < 4.78 is 7.79. The average molecular weight is 1310 g/mol. The van der Waals surface area contributed by atoms with Crippen molar-refractivity contribution in [2.45, 2.75) is 105 Å². The monoisotopic (exact) mass is 1300 g/mol. The van der Waals surface area contributed by atoms with Crippen molar-refractivity contribution in [3.8, 4) is 11.1 Å². The van der Waals surface area contributed by atoms with Gasteiger partial charge in [0.1, 0.15) is 4.83 Å². The zero-order chi connectivity index (χ0) is 63.2. The molecule has 0 radical (unpaired) electrons. The maximum absolute atomic E-state index is 11.5. The first-order chi connectivity index (χ1) is 41.6. The van der Waals surface area contributed by atoms with E-state index in [2.05, 4.69) is 203 Å². The molecule has 0 aliphatic rings. The van der Waals surface area contributed by atoms with Crippen LogP contribution < -0.4 is 5.46 Å². The lowest BCUT2D eigenvalue weighted by Gasteiger charge is -2.19. The highest BCUT2D eigenvalue weighted by Gasteiger charge is 2.27. The first-order valence-corrected chi connectivity index (χ1v) is 33.1. The molecule has 448 valence electrons. The number of aromatic nitrogens is 2. The van der Waals surface area contributed by atoms with Crippen molar-refractivity contribution in [1.29, 1.82) is 0 Å². The van der Waals surface area contributed by atoms with Crippen LogP contribution in [0.3, 0.4) is 0 Å². The zero-order valence-corrected chi connectivity index (χ0v) is 56.2. The van der Waals surface area contributed by atoms with Crippen LogP contribution in [0, 0.1) is 20.2 Å². The molecular formula is C72H70BBrN4O6S4. The molecule has 0 fully saturated rings. The summed E-state index contributed by atoms with van der Waals surface area (Å²) in [7, 11) is -1.82. The quantitative estimate of drug-likeness (QED) is 0.0780. The standard InChI is InChI=1S/C18H17NO2S.2C18H17NS.C10H14BNO4.C8H5BrS/c1-18(2,3)12-8-9-13(16(10-12)19(20)21)15-11-22-17-7-5-4-6-14(15)17;1-18(2,3)11-8-9-14-13(10-11)17-16(19-14)12-6-4-5-7-15(12)20-17;1-18(2,3)11-8-9-14-13(10-11)16-12-6-4-5-7-15(12)20-17(16)19-14;1-10(2,3)7-4-5-8(11(13)14)9(6-7)12(15)16;9-7-5-10-8-4-2-1-3-6(7)8/h4-11H,1-3H3;2*4-10,19H,1-3H3;4-6,13-14H,1-3H3;1-5H. The van der Waals surface area contributed by atoms with Crippen molar-refractivity contribution in [2.24, 2.45) is 0 Å². The van der Waals surface area contributed by atoms with E-state index >= 15 is 0 Å². The van der Waals surface area contributed by atoms with Crippen molar-refractivity contribution in [3.05, 3.63) is 228 Å². The van der Waals surface area contributed by atoms with E-state index in [1.165, 1.54) is 100 Å². The van der Waals surface area contributed by atoms with Crippen LogP contribution in [0.25, 0.3) is 93.7 Å². The van der Waals surface area contributed by atoms with Gasteiger partial charge in [-0.25, -0.2) is 0 Å². The van der Waals surface area contributed by atoms with Gasteiger partial charge < -0.3 is 20.0 Å². The Labute approximate surface area is 537 Å². The number of rotatable bonds is 4. The van der Waals surface area contributed by atoms with Gasteiger partial charge in [-0.05, 0) is 114 Å². The second kappa shape index (κ2) is 25.2. The van der Waals surface area contributed by atoms with Crippen LogP contribution >= 0.6 is 61.3 Å². The fourth-order valence-corrected chi connectivity index (χ4v) is 15.4. The number of H-pyrrole nitrogens is 2. The van der Waals surface area contributed by atoms with E-state index in [1.54, 1.807) is 34.8 Å². The summed E-state index contributed by atoms with van der Waals surface area (Å²) in [6.45, 7) is 25.6. The Morgan fingerprint density at radius 2 is 0.886 bits per heavy atom. The molecule has 0 amide bonds. The third-order valence-corrected chi connectivity index (χ3v) is 20.8. The molecule has 4 N–H and O–H groups in total. The van der Waals surface area contributed by atoms with Crippen LogP contribution in [0.5, 0.6) is 0 Å². The molecule has 16 heteroatoms. The molecule has 0 saturated heterocycles. The van der Waals surface area contributed by atoms with Gasteiger partial charge in [0, 0.05) is 100 Å². The fraction of sp³-hybridized carbons (Fsp3) is 0.222. The van der Waals surface area contributed by atoms with E-state index in [0.29, 0.717) is 5.56 Å². The van der Waals surface area contributed by atoms with Gasteiger partial charge >= 0.3 is 7.12 Å². The number of nitro benzene ring substituents is 2. The predicted molar refractivity (Wildman–Crippen MR) is 384 cm³/mol. The summed E-state index contributed by atoms with van der Waals surface area (Å²) in [5.74, 6) is 0. The summed E-state index contributed by atoms with van der Waals surface area (Å²) >= 11 is 10.6. The highest BCUT2D eigenvalue weighted by atomic mass is 79.9. The molecule has 14 rings (SSSR count). The number of nitrogens with one attached hydrogen (secondary N) is 2. The summed E-state index contributed by atoms with van der Waals surface area (Å²) in [6.07, 6.45) is 0. The largest absolute Gasteiger partial charge is 0.495 e. The number of halogens is 1. The summed E-state index contributed by atoms with van der Waals surface area (Å²) in [5.41, 5.74) is 9.80. The van der Waals surface area contributed by atoms with Gasteiger partial charge in [0.2, 0.25) is 0 Å². The van der Waals surface area contributed by atoms with Crippen LogP contribution in [0.4, 0.5) is 11.4 Å². The average Bonchev–Trinajstić information content (AvgIpc) is 1.72. The second-order valence-corrected chi connectivity index (χ2v) is 30.8. The highest BCUT2D eigenvalue weighted by molar-refractivity contribution is 9.10. The van der Waals surface area contributed by atoms with E-state index in [-0.39, 0.29) is 43.4 Å². The molecular weight excluding hydrogens is 1240 g/mol. The van der Waals surface area contributed by atoms with Gasteiger partial charge in [0.25, 0.3) is 11.4 Å². The summed E-state index contributed by atoms with van der Waals surface area (Å²) in [4.78, 5) is 29.9. The number of nitro groups is 2. The maximum atomic E-state index is 11.5. The SMILES string of the molecule is Brc1csc2ccccc12.CC(C)(C)c1ccc(-c2csc3ccccc23)c([N+](=O)[O-])c1.CC(C)(C)c1ccc(B(O)O)c([N+](=O)[O-])c1.CC(C)(C)c1ccc2[nH]c3c4ccccc4sc3c2c1.CC(C)(C)c1ccc2[nH]c3sc4ccccc4c3c2c1. The Balaban J connectivity index is 0.000000124. The van der Waals surface area contributed by atoms with E-state index in [9.17, 15) is 20.2 Å². The third-order valence-electron chi connectivity index (χ3n) is 15.6. The van der Waals surface area contributed by atoms with E-state index in [0.717, 1.165) is 26.8 Å². The lowest BCUT2D eigenvalue weighted by Crippen LogP contribution is -2.32. The molecule has 88 heavy (non-hydrogen) atoms. The lowest BCUT2D eigenvalue weighted by atomic mass is 9.76. The molecule has 10 nitrogen and oxygen atoms in total. The maximum Gasteiger partial charge on any atom is 0.495 e. The number of nitrogens with zero attached hydrogens (tertiary/aromatic N) is 2. The molecule has 0 atom stereocenters. The van der Waals surface area contributed by atoms with Crippen molar-refractivity contribution < 1.29 is 19.9 Å². The van der Waals surface area contributed by atoms with Crippen LogP contribution in [-0.4, -0.2) is 37.0 Å². The van der Waals surface area contributed by atoms with Crippen LogP contribution in [0.1, 0.15) is 105 Å². The molecule has 14 aromatic rings. The second-order valence-electron chi connectivity index (χ2n) is 26.0. The minimum atomic E-state index is -1.82. The normalized spacial score (nSPS) is 12.0. The Hall–Kier alpha value is -7.54. The molecule has 6 heterocycles. The Morgan fingerprint density at radius 3 is 1.44 bits per heavy atom. The van der Waals surface area contributed by atoms with Crippen molar-refractivity contribution in [1.82, 2.24) is 9.97 Å². The number of thiophene rings is 4. The van der Waals surface area contributed by atoms with Gasteiger partial charge in [0.15, 0.2) is 0 Å². The number of fused-ring (bicyclic) bond motifs is 12. The molecule has 0 saturated carbocycles. The minimum Gasteiger partial charge on any atom is -0.423 e. The lowest BCUT2D eigenvalue weighted by molar-refractivity contribution is -0.384. The van der Waals surface area contributed by atoms with Crippen LogP contribution in [0.2, 0.25) is 0 Å². The molecule has 8 aromatic carbocycles. The van der Waals surface area contributed by atoms with Crippen molar-refractivity contribution in [3.63, 3.8) is 0 Å². The first-order valence-electron chi connectivity index (χ1n) is 29.0. The molecule has 6 aromatic heterocycles. The van der Waals surface area contributed by atoms with E-state index in [4.69, 9.17) is 10.0 Å².